The normalized spacial score (nSPS) is 13.8. The summed E-state index contributed by atoms with van der Waals surface area (Å²) in [5.41, 5.74) is 0.246. The number of carbonyl (C=O) groups is 2. The first-order valence-electron chi connectivity index (χ1n) is 6.68. The third kappa shape index (κ3) is 3.00. The summed E-state index contributed by atoms with van der Waals surface area (Å²) in [6, 6.07) is 1.55. The summed E-state index contributed by atoms with van der Waals surface area (Å²) < 4.78 is 27.0. The number of hydrogen-bond acceptors (Lipinski definition) is 3. The van der Waals surface area contributed by atoms with Crippen molar-refractivity contribution in [2.24, 2.45) is 0 Å². The average Bonchev–Trinajstić information content (AvgIpc) is 2.64. The van der Waals surface area contributed by atoms with Crippen LogP contribution in [0, 0.1) is 11.6 Å². The van der Waals surface area contributed by atoms with Gasteiger partial charge in [0, 0.05) is 19.2 Å². The van der Waals surface area contributed by atoms with Crippen molar-refractivity contribution in [1.29, 1.82) is 0 Å². The summed E-state index contributed by atoms with van der Waals surface area (Å²) in [6.45, 7) is 7.10. The Morgan fingerprint density at radius 2 is 2.05 bits per heavy atom. The maximum atomic E-state index is 13.9. The molecule has 0 saturated heterocycles. The highest BCUT2D eigenvalue weighted by molar-refractivity contribution is 6.52. The van der Waals surface area contributed by atoms with Crippen molar-refractivity contribution < 1.29 is 18.4 Å². The van der Waals surface area contributed by atoms with Gasteiger partial charge < -0.3 is 5.32 Å². The smallest absolute Gasteiger partial charge is 0.299 e. The Kier molecular flexibility index (Phi) is 4.47. The second kappa shape index (κ2) is 6.13. The van der Waals surface area contributed by atoms with E-state index in [1.165, 1.54) is 0 Å². The summed E-state index contributed by atoms with van der Waals surface area (Å²) in [5, 5.41) is 3.11. The summed E-state index contributed by atoms with van der Waals surface area (Å²) in [5.74, 6) is -3.54. The van der Waals surface area contributed by atoms with Gasteiger partial charge in [-0.05, 0) is 24.6 Å². The van der Waals surface area contributed by atoms with Gasteiger partial charge in [-0.2, -0.15) is 0 Å². The van der Waals surface area contributed by atoms with E-state index in [0.29, 0.717) is 18.2 Å². The van der Waals surface area contributed by atoms with Gasteiger partial charge >= 0.3 is 0 Å². The van der Waals surface area contributed by atoms with E-state index in [2.05, 4.69) is 11.9 Å². The molecule has 1 aromatic rings. The van der Waals surface area contributed by atoms with Crippen LogP contribution in [0.1, 0.15) is 23.7 Å². The lowest BCUT2D eigenvalue weighted by molar-refractivity contribution is -0.114. The molecule has 0 spiro atoms. The number of carbonyl (C=O) groups excluding carboxylic acids is 2. The van der Waals surface area contributed by atoms with Crippen LogP contribution < -0.4 is 10.2 Å². The predicted octanol–water partition coefficient (Wildman–Crippen LogP) is 2.05. The molecule has 1 N–H and O–H groups in total. The minimum absolute atomic E-state index is 0.0246. The molecule has 0 radical (unpaired) electrons. The fraction of sp³-hybridized carbons (Fsp3) is 0.333. The lowest BCUT2D eigenvalue weighted by atomic mass is 10.1. The molecule has 0 atom stereocenters. The van der Waals surface area contributed by atoms with Crippen LogP contribution in [0.5, 0.6) is 0 Å². The van der Waals surface area contributed by atoms with E-state index in [4.69, 9.17) is 0 Å². The summed E-state index contributed by atoms with van der Waals surface area (Å²) >= 11 is 0. The monoisotopic (exact) mass is 294 g/mol. The quantitative estimate of drug-likeness (QED) is 0.496. The molecule has 2 rings (SSSR count). The van der Waals surface area contributed by atoms with Crippen LogP contribution in [0.2, 0.25) is 0 Å². The summed E-state index contributed by atoms with van der Waals surface area (Å²) in [6.07, 6.45) is 0.950. The fourth-order valence-electron chi connectivity index (χ4n) is 2.23. The SMILES string of the molecule is C=C(CNCCC)CN1C(=O)C(=O)c2cc(F)cc(F)c21. The molecule has 1 amide bonds. The molecule has 112 valence electrons. The van der Waals surface area contributed by atoms with E-state index in [1.807, 2.05) is 6.92 Å². The molecule has 1 aromatic carbocycles. The zero-order chi connectivity index (χ0) is 15.6. The number of fused-ring (bicyclic) bond motifs is 1. The molecular weight excluding hydrogens is 278 g/mol. The molecule has 0 unspecified atom stereocenters. The van der Waals surface area contributed by atoms with Gasteiger partial charge in [-0.3, -0.25) is 14.5 Å². The number of nitrogens with one attached hydrogen (secondary N) is 1. The van der Waals surface area contributed by atoms with Crippen molar-refractivity contribution >= 4 is 17.4 Å². The molecule has 1 aliphatic rings. The summed E-state index contributed by atoms with van der Waals surface area (Å²) in [4.78, 5) is 24.7. The van der Waals surface area contributed by atoms with Crippen molar-refractivity contribution in [1.82, 2.24) is 5.32 Å². The molecule has 4 nitrogen and oxygen atoms in total. The first-order valence-corrected chi connectivity index (χ1v) is 6.68. The van der Waals surface area contributed by atoms with Crippen LogP contribution >= 0.6 is 0 Å². The Morgan fingerprint density at radius 1 is 1.33 bits per heavy atom. The Balaban J connectivity index is 2.21. The predicted molar refractivity (Wildman–Crippen MR) is 75.3 cm³/mol. The van der Waals surface area contributed by atoms with Crippen LogP contribution in [0.3, 0.4) is 0 Å². The zero-order valence-corrected chi connectivity index (χ0v) is 11.7. The average molecular weight is 294 g/mol. The lowest BCUT2D eigenvalue weighted by Crippen LogP contribution is -2.34. The zero-order valence-electron chi connectivity index (χ0n) is 11.7. The maximum Gasteiger partial charge on any atom is 0.299 e. The number of rotatable bonds is 6. The highest BCUT2D eigenvalue weighted by atomic mass is 19.1. The van der Waals surface area contributed by atoms with Gasteiger partial charge in [0.25, 0.3) is 11.7 Å². The Hall–Kier alpha value is -2.08. The third-order valence-corrected chi connectivity index (χ3v) is 3.17. The molecule has 1 aliphatic heterocycles. The molecule has 0 aromatic heterocycles. The van der Waals surface area contributed by atoms with E-state index < -0.39 is 23.3 Å². The highest BCUT2D eigenvalue weighted by Gasteiger charge is 2.38. The van der Waals surface area contributed by atoms with Crippen LogP contribution in [0.25, 0.3) is 0 Å². The minimum Gasteiger partial charge on any atom is -0.313 e. The number of hydrogen-bond donors (Lipinski definition) is 1. The largest absolute Gasteiger partial charge is 0.313 e. The number of halogens is 2. The number of Topliss-reactive ketones (excluding diaryl/α,β-unsaturated/α-hetero) is 1. The van der Waals surface area contributed by atoms with Crippen LogP contribution in [0.15, 0.2) is 24.3 Å². The first-order chi connectivity index (χ1) is 9.95. The van der Waals surface area contributed by atoms with Gasteiger partial charge in [0.1, 0.15) is 5.82 Å². The van der Waals surface area contributed by atoms with Crippen LogP contribution in [-0.4, -0.2) is 31.3 Å². The Bertz CT molecular complexity index is 614. The lowest BCUT2D eigenvalue weighted by Gasteiger charge is -2.18. The fourth-order valence-corrected chi connectivity index (χ4v) is 2.23. The van der Waals surface area contributed by atoms with E-state index in [-0.39, 0.29) is 17.8 Å². The number of ketones is 1. The molecule has 0 aliphatic carbocycles. The van der Waals surface area contributed by atoms with Gasteiger partial charge in [-0.25, -0.2) is 8.78 Å². The molecule has 0 saturated carbocycles. The Labute approximate surface area is 121 Å². The van der Waals surface area contributed by atoms with Crippen molar-refractivity contribution in [2.75, 3.05) is 24.5 Å². The maximum absolute atomic E-state index is 13.9. The van der Waals surface area contributed by atoms with Gasteiger partial charge in [0.05, 0.1) is 11.3 Å². The van der Waals surface area contributed by atoms with Gasteiger partial charge in [-0.15, -0.1) is 0 Å². The van der Waals surface area contributed by atoms with Crippen LogP contribution in [-0.2, 0) is 4.79 Å². The number of anilines is 1. The van der Waals surface area contributed by atoms with Crippen molar-refractivity contribution in [3.05, 3.63) is 41.5 Å². The van der Waals surface area contributed by atoms with E-state index in [0.717, 1.165) is 23.9 Å². The number of nitrogens with zero attached hydrogens (tertiary/aromatic N) is 1. The highest BCUT2D eigenvalue weighted by Crippen LogP contribution is 2.32. The second-order valence-corrected chi connectivity index (χ2v) is 4.93. The molecule has 6 heteroatoms. The number of amides is 1. The van der Waals surface area contributed by atoms with Crippen molar-refractivity contribution in [3.63, 3.8) is 0 Å². The van der Waals surface area contributed by atoms with E-state index in [1.54, 1.807) is 0 Å². The molecule has 0 bridgehead atoms. The number of benzene rings is 1. The summed E-state index contributed by atoms with van der Waals surface area (Å²) in [7, 11) is 0. The minimum atomic E-state index is -0.918. The van der Waals surface area contributed by atoms with E-state index >= 15 is 0 Å². The molecule has 0 fully saturated rings. The molecule has 21 heavy (non-hydrogen) atoms. The first kappa shape index (κ1) is 15.3. The Morgan fingerprint density at radius 3 is 2.71 bits per heavy atom. The van der Waals surface area contributed by atoms with Gasteiger partial charge in [0.15, 0.2) is 5.82 Å². The standard InChI is InChI=1S/C15H16F2N2O2/c1-3-4-18-7-9(2)8-19-13-11(14(20)15(19)21)5-10(16)6-12(13)17/h5-6,18H,2-4,7-8H2,1H3. The van der Waals surface area contributed by atoms with Gasteiger partial charge in [-0.1, -0.05) is 13.5 Å². The van der Waals surface area contributed by atoms with Crippen LogP contribution in [0.4, 0.5) is 14.5 Å². The second-order valence-electron chi connectivity index (χ2n) is 4.93. The molecule has 1 heterocycles. The third-order valence-electron chi connectivity index (χ3n) is 3.17. The topological polar surface area (TPSA) is 49.4 Å². The van der Waals surface area contributed by atoms with Crippen molar-refractivity contribution in [3.8, 4) is 0 Å². The van der Waals surface area contributed by atoms with Gasteiger partial charge in [0.2, 0.25) is 0 Å². The van der Waals surface area contributed by atoms with E-state index in [9.17, 15) is 18.4 Å². The molecular formula is C15H16F2N2O2. The van der Waals surface area contributed by atoms with Crippen molar-refractivity contribution in [2.45, 2.75) is 13.3 Å².